The molecule has 0 aliphatic carbocycles. The van der Waals surface area contributed by atoms with Gasteiger partial charge in [0, 0.05) is 24.5 Å². The van der Waals surface area contributed by atoms with E-state index in [1.807, 2.05) is 0 Å². The molecule has 1 heterocycles. The topological polar surface area (TPSA) is 73.1 Å². The zero-order chi connectivity index (χ0) is 24.0. The van der Waals surface area contributed by atoms with Gasteiger partial charge in [-0.05, 0) is 55.0 Å². The van der Waals surface area contributed by atoms with Crippen molar-refractivity contribution in [3.63, 3.8) is 0 Å². The Morgan fingerprint density at radius 2 is 1.85 bits per heavy atom. The predicted molar refractivity (Wildman–Crippen MR) is 129 cm³/mol. The molecule has 0 atom stereocenters. The highest BCUT2D eigenvalue weighted by atomic mass is 35.5. The van der Waals surface area contributed by atoms with Crippen LogP contribution in [-0.4, -0.2) is 21.6 Å². The summed E-state index contributed by atoms with van der Waals surface area (Å²) >= 11 is 6.18. The molecule has 0 aliphatic rings. The number of hydrogen-bond acceptors (Lipinski definition) is 3. The van der Waals surface area contributed by atoms with Crippen LogP contribution < -0.4 is 16.6 Å². The van der Waals surface area contributed by atoms with E-state index in [2.05, 4.69) is 19.2 Å². The molecular formula is C25H29ClFN3O3. The Morgan fingerprint density at radius 1 is 1.09 bits per heavy atom. The second-order valence-corrected chi connectivity index (χ2v) is 8.98. The first-order valence-corrected chi connectivity index (χ1v) is 11.6. The summed E-state index contributed by atoms with van der Waals surface area (Å²) in [5.41, 5.74) is 0.251. The fourth-order valence-electron chi connectivity index (χ4n) is 3.69. The molecule has 0 saturated carbocycles. The number of carbonyl (C=O) groups is 1. The Labute approximate surface area is 197 Å². The Bertz CT molecular complexity index is 1250. The van der Waals surface area contributed by atoms with E-state index >= 15 is 0 Å². The summed E-state index contributed by atoms with van der Waals surface area (Å²) < 4.78 is 16.1. The molecule has 0 fully saturated rings. The summed E-state index contributed by atoms with van der Waals surface area (Å²) in [6.45, 7) is 5.17. The maximum atomic E-state index is 13.4. The van der Waals surface area contributed by atoms with Crippen molar-refractivity contribution in [3.05, 3.63) is 79.7 Å². The van der Waals surface area contributed by atoms with E-state index < -0.39 is 11.5 Å². The first-order valence-electron chi connectivity index (χ1n) is 11.2. The largest absolute Gasteiger partial charge is 0.356 e. The van der Waals surface area contributed by atoms with E-state index in [4.69, 9.17) is 11.6 Å². The average molecular weight is 474 g/mol. The number of rotatable bonds is 10. The van der Waals surface area contributed by atoms with Crippen LogP contribution in [0.3, 0.4) is 0 Å². The molecule has 1 aromatic heterocycles. The SMILES string of the molecule is CC(C)CCNC(=O)CCCCn1c(=O)c2ccccc2n(Cc2ccc(F)cc2Cl)c1=O. The van der Waals surface area contributed by atoms with Crippen LogP contribution in [-0.2, 0) is 17.9 Å². The van der Waals surface area contributed by atoms with Crippen molar-refractivity contribution in [2.45, 2.75) is 52.6 Å². The van der Waals surface area contributed by atoms with Crippen LogP contribution in [0.4, 0.5) is 4.39 Å². The van der Waals surface area contributed by atoms with Crippen LogP contribution in [0.2, 0.25) is 5.02 Å². The minimum absolute atomic E-state index is 0.0233. The van der Waals surface area contributed by atoms with E-state index in [-0.39, 0.29) is 29.6 Å². The lowest BCUT2D eigenvalue weighted by atomic mass is 10.1. The molecule has 0 unspecified atom stereocenters. The molecule has 3 aromatic rings. The van der Waals surface area contributed by atoms with Gasteiger partial charge in [-0.2, -0.15) is 0 Å². The quantitative estimate of drug-likeness (QED) is 0.445. The molecule has 176 valence electrons. The average Bonchev–Trinajstić information content (AvgIpc) is 2.77. The van der Waals surface area contributed by atoms with Gasteiger partial charge in [-0.15, -0.1) is 0 Å². The highest BCUT2D eigenvalue weighted by Gasteiger charge is 2.14. The van der Waals surface area contributed by atoms with Crippen LogP contribution >= 0.6 is 11.6 Å². The number of fused-ring (bicyclic) bond motifs is 1. The number of para-hydroxylation sites is 1. The van der Waals surface area contributed by atoms with Crippen molar-refractivity contribution in [1.82, 2.24) is 14.5 Å². The zero-order valence-electron chi connectivity index (χ0n) is 18.9. The van der Waals surface area contributed by atoms with E-state index in [1.54, 1.807) is 24.3 Å². The second kappa shape index (κ2) is 11.3. The van der Waals surface area contributed by atoms with E-state index in [0.717, 1.165) is 6.42 Å². The normalized spacial score (nSPS) is 11.3. The lowest BCUT2D eigenvalue weighted by Gasteiger charge is -2.15. The van der Waals surface area contributed by atoms with Gasteiger partial charge in [0.05, 0.1) is 17.4 Å². The zero-order valence-corrected chi connectivity index (χ0v) is 19.7. The second-order valence-electron chi connectivity index (χ2n) is 8.57. The summed E-state index contributed by atoms with van der Waals surface area (Å²) in [4.78, 5) is 38.2. The molecule has 6 nitrogen and oxygen atoms in total. The van der Waals surface area contributed by atoms with Crippen LogP contribution in [0.5, 0.6) is 0 Å². The number of carbonyl (C=O) groups excluding carboxylic acids is 1. The van der Waals surface area contributed by atoms with E-state index in [0.29, 0.717) is 48.2 Å². The van der Waals surface area contributed by atoms with E-state index in [1.165, 1.54) is 27.3 Å². The molecule has 1 N–H and O–H groups in total. The molecule has 3 rings (SSSR count). The predicted octanol–water partition coefficient (Wildman–Crippen LogP) is 4.34. The summed E-state index contributed by atoms with van der Waals surface area (Å²) in [5, 5.41) is 3.53. The molecule has 0 saturated heterocycles. The molecule has 2 aromatic carbocycles. The summed E-state index contributed by atoms with van der Waals surface area (Å²) in [6, 6.07) is 10.9. The monoisotopic (exact) mass is 473 g/mol. The molecular weight excluding hydrogens is 445 g/mol. The van der Waals surface area contributed by atoms with Gasteiger partial charge in [0.2, 0.25) is 5.91 Å². The third-order valence-corrected chi connectivity index (χ3v) is 5.91. The third kappa shape index (κ3) is 6.32. The number of aromatic nitrogens is 2. The Hall–Kier alpha value is -2.93. The highest BCUT2D eigenvalue weighted by Crippen LogP contribution is 2.19. The maximum absolute atomic E-state index is 13.4. The lowest BCUT2D eigenvalue weighted by Crippen LogP contribution is -2.40. The maximum Gasteiger partial charge on any atom is 0.331 e. The fraction of sp³-hybridized carbons (Fsp3) is 0.400. The van der Waals surface area contributed by atoms with Crippen molar-refractivity contribution >= 4 is 28.4 Å². The summed E-state index contributed by atoms with van der Waals surface area (Å²) in [7, 11) is 0. The van der Waals surface area contributed by atoms with Gasteiger partial charge in [0.1, 0.15) is 5.82 Å². The highest BCUT2D eigenvalue weighted by molar-refractivity contribution is 6.31. The Balaban J connectivity index is 1.79. The Morgan fingerprint density at radius 3 is 2.58 bits per heavy atom. The van der Waals surface area contributed by atoms with Crippen LogP contribution in [0.1, 0.15) is 45.1 Å². The number of amides is 1. The smallest absolute Gasteiger partial charge is 0.331 e. The number of nitrogens with one attached hydrogen (secondary N) is 1. The van der Waals surface area contributed by atoms with Crippen LogP contribution in [0.15, 0.2) is 52.1 Å². The number of unbranched alkanes of at least 4 members (excludes halogenated alkanes) is 1. The Kier molecular flexibility index (Phi) is 8.44. The summed E-state index contributed by atoms with van der Waals surface area (Å²) in [6.07, 6.45) is 2.36. The van der Waals surface area contributed by atoms with Gasteiger partial charge in [0.15, 0.2) is 0 Å². The summed E-state index contributed by atoms with van der Waals surface area (Å²) in [5.74, 6) is 0.0427. The molecule has 0 spiro atoms. The van der Waals surface area contributed by atoms with E-state index in [9.17, 15) is 18.8 Å². The standard InChI is InChI=1S/C25H29ClFN3O3/c1-17(2)12-13-28-23(31)9-5-6-14-29-24(32)20-7-3-4-8-22(20)30(25(29)33)16-18-10-11-19(27)15-21(18)26/h3-4,7-8,10-11,15,17H,5-6,9,12-14,16H2,1-2H3,(H,28,31). The number of benzene rings is 2. The van der Waals surface area contributed by atoms with Gasteiger partial charge in [-0.3, -0.25) is 18.7 Å². The molecule has 0 radical (unpaired) electrons. The van der Waals surface area contributed by atoms with Crippen LogP contribution in [0.25, 0.3) is 10.9 Å². The van der Waals surface area contributed by atoms with Crippen LogP contribution in [0, 0.1) is 11.7 Å². The number of hydrogen-bond donors (Lipinski definition) is 1. The van der Waals surface area contributed by atoms with Crippen molar-refractivity contribution in [2.24, 2.45) is 5.92 Å². The van der Waals surface area contributed by atoms with Gasteiger partial charge in [0.25, 0.3) is 5.56 Å². The third-order valence-electron chi connectivity index (χ3n) is 5.56. The molecule has 0 aliphatic heterocycles. The molecule has 33 heavy (non-hydrogen) atoms. The van der Waals surface area contributed by atoms with Crippen molar-refractivity contribution < 1.29 is 9.18 Å². The van der Waals surface area contributed by atoms with Gasteiger partial charge in [-0.1, -0.05) is 43.6 Å². The lowest BCUT2D eigenvalue weighted by molar-refractivity contribution is -0.121. The van der Waals surface area contributed by atoms with Gasteiger partial charge < -0.3 is 5.32 Å². The van der Waals surface area contributed by atoms with Crippen molar-refractivity contribution in [3.8, 4) is 0 Å². The van der Waals surface area contributed by atoms with Crippen molar-refractivity contribution in [2.75, 3.05) is 6.54 Å². The minimum atomic E-state index is -0.459. The fourth-order valence-corrected chi connectivity index (χ4v) is 3.91. The van der Waals surface area contributed by atoms with Gasteiger partial charge >= 0.3 is 5.69 Å². The first kappa shape index (κ1) is 24.7. The number of nitrogens with zero attached hydrogens (tertiary/aromatic N) is 2. The number of halogens is 2. The molecule has 8 heteroatoms. The van der Waals surface area contributed by atoms with Crippen molar-refractivity contribution in [1.29, 1.82) is 0 Å². The molecule has 0 bridgehead atoms. The minimum Gasteiger partial charge on any atom is -0.356 e. The first-order chi connectivity index (χ1) is 15.8. The molecule has 1 amide bonds. The van der Waals surface area contributed by atoms with Gasteiger partial charge in [-0.25, -0.2) is 9.18 Å².